The van der Waals surface area contributed by atoms with Gasteiger partial charge in [-0.15, -0.1) is 0 Å². The first-order valence-electron chi connectivity index (χ1n) is 9.45. The van der Waals surface area contributed by atoms with Crippen molar-refractivity contribution in [3.05, 3.63) is 0 Å². The van der Waals surface area contributed by atoms with Crippen molar-refractivity contribution in [3.63, 3.8) is 0 Å². The maximum absolute atomic E-state index is 2.64. The largest absolute Gasteiger partial charge is 0.237 e. The summed E-state index contributed by atoms with van der Waals surface area (Å²) in [6, 6.07) is 0.782. The first-order valence-corrected chi connectivity index (χ1v) is 9.45. The summed E-state index contributed by atoms with van der Waals surface area (Å²) in [5.74, 6) is 2.54. The van der Waals surface area contributed by atoms with E-state index in [0.717, 1.165) is 23.8 Å². The Morgan fingerprint density at radius 3 is 2.29 bits per heavy atom. The van der Waals surface area contributed by atoms with Gasteiger partial charge >= 0.3 is 0 Å². The van der Waals surface area contributed by atoms with Gasteiger partial charge in [0.25, 0.3) is 0 Å². The predicted molar refractivity (Wildman–Crippen MR) is 95.4 cm³/mol. The third-order valence-corrected chi connectivity index (χ3v) is 5.33. The zero-order valence-electron chi connectivity index (χ0n) is 15.6. The second kappa shape index (κ2) is 9.64. The maximum Gasteiger partial charge on any atom is 0.152 e. The third-order valence-electron chi connectivity index (χ3n) is 5.33. The van der Waals surface area contributed by atoms with Gasteiger partial charge in [-0.2, -0.15) is 0 Å². The zero-order chi connectivity index (χ0) is 15.8. The molecule has 0 aromatic heterocycles. The molecule has 0 saturated heterocycles. The van der Waals surface area contributed by atoms with Crippen LogP contribution in [0.1, 0.15) is 92.4 Å². The van der Waals surface area contributed by atoms with E-state index in [1.54, 1.807) is 5.71 Å². The van der Waals surface area contributed by atoms with E-state index in [1.165, 1.54) is 57.8 Å². The van der Waals surface area contributed by atoms with Crippen LogP contribution in [0.4, 0.5) is 0 Å². The smallest absolute Gasteiger partial charge is 0.152 e. The van der Waals surface area contributed by atoms with Crippen LogP contribution < -0.4 is 0 Å². The van der Waals surface area contributed by atoms with Crippen molar-refractivity contribution in [1.29, 1.82) is 0 Å². The molecule has 3 unspecified atom stereocenters. The van der Waals surface area contributed by atoms with E-state index in [2.05, 4.69) is 46.2 Å². The minimum atomic E-state index is 0.782. The Hall–Kier alpha value is -0.330. The molecule has 0 N–H and O–H groups in total. The molecular formula is C20H40N+. The molecule has 1 aliphatic rings. The molecular weight excluding hydrogens is 254 g/mol. The van der Waals surface area contributed by atoms with Crippen molar-refractivity contribution in [3.8, 4) is 0 Å². The zero-order valence-corrected chi connectivity index (χ0v) is 15.6. The number of nitrogens with zero attached hydrogens (tertiary/aromatic N) is 1. The Morgan fingerprint density at radius 2 is 1.67 bits per heavy atom. The molecule has 1 nitrogen and oxygen atoms in total. The molecule has 1 heteroatoms. The molecule has 1 aliphatic carbocycles. The standard InChI is InChI=1S/C20H40N/c1-16(2)13-18(4)14-19(5)21(6)20-12-10-8-7-9-11-17(3)15-20/h16-18,20H,7-15H2,1-6H3/q+1. The second-order valence-electron chi connectivity index (χ2n) is 8.27. The van der Waals surface area contributed by atoms with Crippen LogP contribution in [0.3, 0.4) is 0 Å². The quantitative estimate of drug-likeness (QED) is 0.438. The lowest BCUT2D eigenvalue weighted by atomic mass is 9.93. The monoisotopic (exact) mass is 294 g/mol. The number of hydrogen-bond donors (Lipinski definition) is 0. The second-order valence-corrected chi connectivity index (χ2v) is 8.27. The molecule has 1 rings (SSSR count). The molecule has 0 aliphatic heterocycles. The molecule has 3 atom stereocenters. The third kappa shape index (κ3) is 7.47. The van der Waals surface area contributed by atoms with E-state index in [4.69, 9.17) is 0 Å². The highest BCUT2D eigenvalue weighted by Gasteiger charge is 2.24. The van der Waals surface area contributed by atoms with E-state index >= 15 is 0 Å². The summed E-state index contributed by atoms with van der Waals surface area (Å²) in [5.41, 5.74) is 1.61. The summed E-state index contributed by atoms with van der Waals surface area (Å²) >= 11 is 0. The SMILES string of the molecule is CC(CC(C)CC(C)C)=[N+](C)C1CCCCCCC(C)C1. The van der Waals surface area contributed by atoms with E-state index in [9.17, 15) is 0 Å². The topological polar surface area (TPSA) is 3.01 Å². The van der Waals surface area contributed by atoms with E-state index in [0.29, 0.717) is 0 Å². The van der Waals surface area contributed by atoms with E-state index < -0.39 is 0 Å². The first-order chi connectivity index (χ1) is 9.90. The van der Waals surface area contributed by atoms with Crippen molar-refractivity contribution >= 4 is 5.71 Å². The summed E-state index contributed by atoms with van der Waals surface area (Å²) < 4.78 is 2.64. The minimum absolute atomic E-state index is 0.782. The lowest BCUT2D eigenvalue weighted by Crippen LogP contribution is -2.30. The van der Waals surface area contributed by atoms with Gasteiger partial charge in [-0.05, 0) is 30.6 Å². The summed E-state index contributed by atoms with van der Waals surface area (Å²) in [6.07, 6.45) is 12.6. The van der Waals surface area contributed by atoms with E-state index in [-0.39, 0.29) is 0 Å². The molecule has 0 radical (unpaired) electrons. The highest BCUT2D eigenvalue weighted by atomic mass is 15.0. The molecule has 0 aromatic carbocycles. The van der Waals surface area contributed by atoms with Gasteiger partial charge < -0.3 is 0 Å². The fourth-order valence-electron chi connectivity index (χ4n) is 4.13. The van der Waals surface area contributed by atoms with Crippen LogP contribution in [0.15, 0.2) is 0 Å². The lowest BCUT2D eigenvalue weighted by molar-refractivity contribution is -0.543. The summed E-state index contributed by atoms with van der Waals surface area (Å²) in [5, 5.41) is 0. The van der Waals surface area contributed by atoms with Gasteiger partial charge in [0.05, 0.1) is 0 Å². The fourth-order valence-corrected chi connectivity index (χ4v) is 4.13. The van der Waals surface area contributed by atoms with Gasteiger partial charge in [0.2, 0.25) is 0 Å². The van der Waals surface area contributed by atoms with Crippen LogP contribution in [-0.2, 0) is 0 Å². The van der Waals surface area contributed by atoms with Crippen LogP contribution in [0.25, 0.3) is 0 Å². The van der Waals surface area contributed by atoms with Crippen molar-refractivity contribution < 1.29 is 4.58 Å². The summed E-state index contributed by atoms with van der Waals surface area (Å²) in [4.78, 5) is 0. The first kappa shape index (κ1) is 18.7. The Bertz CT molecular complexity index is 316. The van der Waals surface area contributed by atoms with Crippen LogP contribution in [0.5, 0.6) is 0 Å². The van der Waals surface area contributed by atoms with Crippen LogP contribution in [0, 0.1) is 17.8 Å². The Balaban J connectivity index is 2.66. The van der Waals surface area contributed by atoms with Crippen molar-refractivity contribution in [2.75, 3.05) is 7.05 Å². The molecule has 0 spiro atoms. The van der Waals surface area contributed by atoms with Crippen LogP contribution >= 0.6 is 0 Å². The van der Waals surface area contributed by atoms with Gasteiger partial charge in [-0.1, -0.05) is 53.4 Å². The van der Waals surface area contributed by atoms with Gasteiger partial charge in [0, 0.05) is 26.2 Å². The normalized spacial score (nSPS) is 27.6. The number of rotatable bonds is 5. The molecule has 21 heavy (non-hydrogen) atoms. The van der Waals surface area contributed by atoms with E-state index in [1.807, 2.05) is 0 Å². The Morgan fingerprint density at radius 1 is 1.05 bits per heavy atom. The highest BCUT2D eigenvalue weighted by Crippen LogP contribution is 2.24. The lowest BCUT2D eigenvalue weighted by Gasteiger charge is -2.20. The molecule has 124 valence electrons. The molecule has 0 bridgehead atoms. The molecule has 0 aromatic rings. The van der Waals surface area contributed by atoms with Crippen LogP contribution in [0.2, 0.25) is 0 Å². The average Bonchev–Trinajstić information content (AvgIpc) is 2.48. The number of hydrogen-bond acceptors (Lipinski definition) is 0. The maximum atomic E-state index is 2.64. The fraction of sp³-hybridized carbons (Fsp3) is 0.950. The van der Waals surface area contributed by atoms with Gasteiger partial charge in [0.1, 0.15) is 12.8 Å². The van der Waals surface area contributed by atoms with Gasteiger partial charge in [0.15, 0.2) is 6.04 Å². The molecule has 1 fully saturated rings. The van der Waals surface area contributed by atoms with Crippen LogP contribution in [-0.4, -0.2) is 23.4 Å². The van der Waals surface area contributed by atoms with Gasteiger partial charge in [-0.25, -0.2) is 4.58 Å². The van der Waals surface area contributed by atoms with Crippen molar-refractivity contribution in [2.24, 2.45) is 17.8 Å². The molecule has 0 amide bonds. The summed E-state index contributed by atoms with van der Waals surface area (Å²) in [7, 11) is 2.35. The Labute approximate surface area is 134 Å². The minimum Gasteiger partial charge on any atom is -0.237 e. The van der Waals surface area contributed by atoms with Gasteiger partial charge in [-0.3, -0.25) is 0 Å². The molecule has 1 saturated carbocycles. The summed E-state index contributed by atoms with van der Waals surface area (Å²) in [6.45, 7) is 11.9. The highest BCUT2D eigenvalue weighted by molar-refractivity contribution is 5.77. The van der Waals surface area contributed by atoms with Crippen molar-refractivity contribution in [1.82, 2.24) is 0 Å². The predicted octanol–water partition coefficient (Wildman–Crippen LogP) is 5.91. The molecule has 0 heterocycles. The Kier molecular flexibility index (Phi) is 8.59. The average molecular weight is 295 g/mol. The van der Waals surface area contributed by atoms with Crippen molar-refractivity contribution in [2.45, 2.75) is 98.4 Å².